The summed E-state index contributed by atoms with van der Waals surface area (Å²) in [6, 6.07) is -1.15. The van der Waals surface area contributed by atoms with Crippen molar-refractivity contribution in [3.63, 3.8) is 0 Å². The van der Waals surface area contributed by atoms with Gasteiger partial charge in [0.15, 0.2) is 6.29 Å². The van der Waals surface area contributed by atoms with Crippen molar-refractivity contribution in [1.82, 2.24) is 0 Å². The zero-order valence-electron chi connectivity index (χ0n) is 8.08. The minimum Gasteiger partial charge on any atom is -0.388 e. The molecule has 1 aliphatic rings. The van der Waals surface area contributed by atoms with Gasteiger partial charge in [-0.3, -0.25) is 4.52 Å². The van der Waals surface area contributed by atoms with Gasteiger partial charge in [0.1, 0.15) is 18.3 Å². The number of nitrogens with two attached hydrogens (primary N) is 1. The molecule has 8 nitrogen and oxygen atoms in total. The molecule has 6 atom stereocenters. The van der Waals surface area contributed by atoms with E-state index in [1.165, 1.54) is 0 Å². The highest BCUT2D eigenvalue weighted by atomic mass is 32.7. The lowest BCUT2D eigenvalue weighted by Crippen LogP contribution is -2.61. The second-order valence-corrected chi connectivity index (χ2v) is 6.17. The van der Waals surface area contributed by atoms with Crippen LogP contribution in [0.4, 0.5) is 0 Å². The Kier molecular flexibility index (Phi) is 4.76. The Morgan fingerprint density at radius 3 is 2.44 bits per heavy atom. The Balaban J connectivity index is 2.57. The lowest BCUT2D eigenvalue weighted by Gasteiger charge is -2.38. The summed E-state index contributed by atoms with van der Waals surface area (Å²) in [5.41, 5.74) is 5.31. The molecule has 0 bridgehead atoms. The summed E-state index contributed by atoms with van der Waals surface area (Å²) in [6.45, 7) is -4.51. The third-order valence-electron chi connectivity index (χ3n) is 2.18. The first-order chi connectivity index (χ1) is 7.22. The Morgan fingerprint density at radius 1 is 1.38 bits per heavy atom. The maximum Gasteiger partial charge on any atom is 0.383 e. The zero-order valence-corrected chi connectivity index (χ0v) is 9.87. The van der Waals surface area contributed by atoms with E-state index >= 15 is 0 Å². The second kappa shape index (κ2) is 5.30. The summed E-state index contributed by atoms with van der Waals surface area (Å²) < 4.78 is 19.9. The van der Waals surface area contributed by atoms with Crippen LogP contribution in [0.1, 0.15) is 0 Å². The summed E-state index contributed by atoms with van der Waals surface area (Å²) in [6.07, 6.45) is -5.46. The molecule has 0 aromatic rings. The van der Waals surface area contributed by atoms with Crippen molar-refractivity contribution in [2.75, 3.05) is 6.61 Å². The van der Waals surface area contributed by atoms with Crippen LogP contribution in [0.3, 0.4) is 0 Å². The fraction of sp³-hybridized carbons (Fsp3) is 1.00. The van der Waals surface area contributed by atoms with Gasteiger partial charge in [-0.15, -0.1) is 0 Å². The van der Waals surface area contributed by atoms with Crippen molar-refractivity contribution < 1.29 is 34.0 Å². The highest BCUT2D eigenvalue weighted by Crippen LogP contribution is 2.47. The van der Waals surface area contributed by atoms with Crippen LogP contribution in [-0.2, 0) is 13.8 Å². The molecule has 16 heavy (non-hydrogen) atoms. The minimum atomic E-state index is -4.00. The van der Waals surface area contributed by atoms with Gasteiger partial charge in [0.2, 0.25) is 0 Å². The molecule has 1 fully saturated rings. The monoisotopic (exact) mass is 275 g/mol. The van der Waals surface area contributed by atoms with Crippen molar-refractivity contribution in [3.8, 4) is 0 Å². The van der Waals surface area contributed by atoms with E-state index in [2.05, 4.69) is 16.8 Å². The molecule has 1 aliphatic heterocycles. The van der Waals surface area contributed by atoms with Gasteiger partial charge in [-0.1, -0.05) is 12.2 Å². The number of thiol groups is 1. The molecule has 96 valence electrons. The van der Waals surface area contributed by atoms with E-state index in [0.29, 0.717) is 0 Å². The molecule has 0 aromatic carbocycles. The van der Waals surface area contributed by atoms with Gasteiger partial charge in [-0.25, -0.2) is 4.57 Å². The molecular weight excluding hydrogens is 261 g/mol. The van der Waals surface area contributed by atoms with Crippen LogP contribution in [0.2, 0.25) is 0 Å². The summed E-state index contributed by atoms with van der Waals surface area (Å²) in [4.78, 5) is 8.73. The zero-order chi connectivity index (χ0) is 12.5. The van der Waals surface area contributed by atoms with E-state index in [1.807, 2.05) is 0 Å². The molecule has 0 spiro atoms. The highest BCUT2D eigenvalue weighted by Gasteiger charge is 2.42. The van der Waals surface area contributed by atoms with Gasteiger partial charge in [0.05, 0.1) is 12.6 Å². The lowest BCUT2D eigenvalue weighted by atomic mass is 9.98. The predicted octanol–water partition coefficient (Wildman–Crippen LogP) is -2.20. The number of ether oxygens (including phenoxy) is 1. The largest absolute Gasteiger partial charge is 0.388 e. The Morgan fingerprint density at radius 2 is 1.94 bits per heavy atom. The molecular formula is C6H14NO7PS. The first kappa shape index (κ1) is 14.4. The Labute approximate surface area is 96.7 Å². The average Bonchev–Trinajstić information content (AvgIpc) is 2.17. The molecule has 0 aromatic heterocycles. The molecule has 0 aliphatic carbocycles. The summed E-state index contributed by atoms with van der Waals surface area (Å²) >= 11 is 3.25. The minimum absolute atomic E-state index is 0.501. The Bertz CT molecular complexity index is 286. The SMILES string of the molecule is NC1C(O)O[C@H](COP(=O)(O)S)C(O)[C@@H]1O. The Hall–Kier alpha value is 0.300. The van der Waals surface area contributed by atoms with E-state index in [0.717, 1.165) is 0 Å². The van der Waals surface area contributed by atoms with Crippen molar-refractivity contribution in [1.29, 1.82) is 0 Å². The van der Waals surface area contributed by atoms with E-state index in [1.54, 1.807) is 0 Å². The van der Waals surface area contributed by atoms with Crippen molar-refractivity contribution in [2.45, 2.75) is 30.6 Å². The highest BCUT2D eigenvalue weighted by molar-refractivity contribution is 8.44. The topological polar surface area (TPSA) is 142 Å². The molecule has 1 rings (SSSR count). The standard InChI is InChI=1S/C6H14NO7PS/c7-3-5(9)4(8)2(14-6(3)10)1-13-15(11,12)16/h2-6,8-10H,1,7H2,(H2,11,12,16)/t2-,3?,4?,5-,6?/m1/s1. The molecule has 4 unspecified atom stereocenters. The van der Waals surface area contributed by atoms with Crippen LogP contribution < -0.4 is 5.73 Å². The fourth-order valence-electron chi connectivity index (χ4n) is 1.28. The molecule has 0 radical (unpaired) electrons. The van der Waals surface area contributed by atoms with Gasteiger partial charge in [-0.2, -0.15) is 0 Å². The molecule has 1 saturated heterocycles. The van der Waals surface area contributed by atoms with Gasteiger partial charge >= 0.3 is 6.80 Å². The number of aliphatic hydroxyl groups excluding tert-OH is 3. The number of hydrogen-bond acceptors (Lipinski definition) is 7. The van der Waals surface area contributed by atoms with E-state index in [4.69, 9.17) is 15.4 Å². The van der Waals surface area contributed by atoms with Gasteiger partial charge in [-0.05, 0) is 0 Å². The van der Waals surface area contributed by atoms with Crippen molar-refractivity contribution >= 4 is 19.0 Å². The molecule has 0 amide bonds. The molecule has 0 saturated carbocycles. The fourth-order valence-corrected chi connectivity index (χ4v) is 1.82. The van der Waals surface area contributed by atoms with Crippen LogP contribution in [-0.4, -0.2) is 57.5 Å². The van der Waals surface area contributed by atoms with Gasteiger partial charge in [0, 0.05) is 0 Å². The van der Waals surface area contributed by atoms with Crippen LogP contribution >= 0.6 is 19.0 Å². The van der Waals surface area contributed by atoms with Crippen LogP contribution in [0.25, 0.3) is 0 Å². The van der Waals surface area contributed by atoms with E-state index in [-0.39, 0.29) is 0 Å². The lowest BCUT2D eigenvalue weighted by molar-refractivity contribution is -0.247. The summed E-state index contributed by atoms with van der Waals surface area (Å²) in [7, 11) is 0. The average molecular weight is 275 g/mol. The maximum atomic E-state index is 10.7. The molecule has 6 N–H and O–H groups in total. The molecule has 10 heteroatoms. The van der Waals surface area contributed by atoms with Gasteiger partial charge < -0.3 is 30.7 Å². The summed E-state index contributed by atoms with van der Waals surface area (Å²) in [5, 5.41) is 28.1. The summed E-state index contributed by atoms with van der Waals surface area (Å²) in [5.74, 6) is 0. The van der Waals surface area contributed by atoms with E-state index in [9.17, 15) is 19.9 Å². The van der Waals surface area contributed by atoms with Crippen LogP contribution in [0.5, 0.6) is 0 Å². The third kappa shape index (κ3) is 3.66. The smallest absolute Gasteiger partial charge is 0.383 e. The normalized spacial score (nSPS) is 44.0. The quantitative estimate of drug-likeness (QED) is 0.251. The maximum absolute atomic E-state index is 10.7. The van der Waals surface area contributed by atoms with Gasteiger partial charge in [0.25, 0.3) is 0 Å². The first-order valence-corrected chi connectivity index (χ1v) is 7.11. The predicted molar refractivity (Wildman–Crippen MR) is 55.6 cm³/mol. The molecule has 1 heterocycles. The number of hydrogen-bond donors (Lipinski definition) is 6. The number of aliphatic hydroxyl groups is 3. The first-order valence-electron chi connectivity index (χ1n) is 4.37. The van der Waals surface area contributed by atoms with Crippen molar-refractivity contribution in [2.24, 2.45) is 5.73 Å². The van der Waals surface area contributed by atoms with E-state index < -0.39 is 44.0 Å². The second-order valence-electron chi connectivity index (χ2n) is 3.41. The van der Waals surface area contributed by atoms with Crippen LogP contribution in [0, 0.1) is 0 Å². The van der Waals surface area contributed by atoms with Crippen LogP contribution in [0.15, 0.2) is 0 Å². The van der Waals surface area contributed by atoms with Crippen molar-refractivity contribution in [3.05, 3.63) is 0 Å². The third-order valence-corrected chi connectivity index (χ3v) is 3.01. The number of rotatable bonds is 3.